The average molecular weight is 234 g/mol. The molecule has 1 aliphatic carbocycles. The molecule has 0 unspecified atom stereocenters. The fourth-order valence-corrected chi connectivity index (χ4v) is 1.51. The summed E-state index contributed by atoms with van der Waals surface area (Å²) < 4.78 is 0. The van der Waals surface area contributed by atoms with E-state index in [1.54, 1.807) is 18.6 Å². The summed E-state index contributed by atoms with van der Waals surface area (Å²) in [4.78, 5) is 14.4. The van der Waals surface area contributed by atoms with Gasteiger partial charge in [0.15, 0.2) is 5.96 Å². The van der Waals surface area contributed by atoms with Crippen LogP contribution in [-0.4, -0.2) is 47.0 Å². The first kappa shape index (κ1) is 11.6. The number of anilines is 1. The van der Waals surface area contributed by atoms with E-state index in [0.29, 0.717) is 25.1 Å². The molecule has 2 rings (SSSR count). The molecule has 0 aromatic carbocycles. The lowest BCUT2D eigenvalue weighted by atomic mass is 10.5. The number of hydrogen-bond donors (Lipinski definition) is 2. The molecule has 0 saturated heterocycles. The first-order chi connectivity index (χ1) is 8.27. The molecule has 0 amide bonds. The van der Waals surface area contributed by atoms with Crippen molar-refractivity contribution >= 4 is 11.8 Å². The Kier molecular flexibility index (Phi) is 3.74. The molecule has 0 aliphatic heterocycles. The van der Waals surface area contributed by atoms with Gasteiger partial charge in [-0.1, -0.05) is 0 Å². The molecule has 1 heterocycles. The monoisotopic (exact) mass is 234 g/mol. The van der Waals surface area contributed by atoms with Crippen LogP contribution in [0.2, 0.25) is 0 Å². The van der Waals surface area contributed by atoms with Crippen molar-refractivity contribution in [1.82, 2.24) is 14.9 Å². The van der Waals surface area contributed by atoms with Gasteiger partial charge in [-0.25, -0.2) is 4.98 Å². The summed E-state index contributed by atoms with van der Waals surface area (Å²) in [5.41, 5.74) is 5.86. The zero-order valence-electron chi connectivity index (χ0n) is 10.0. The third-order valence-electron chi connectivity index (χ3n) is 2.71. The van der Waals surface area contributed by atoms with E-state index in [1.807, 2.05) is 11.9 Å². The number of hydrogen-bond acceptors (Lipinski definition) is 4. The molecule has 0 radical (unpaired) electrons. The number of nitrogens with one attached hydrogen (secondary N) is 1. The molecule has 17 heavy (non-hydrogen) atoms. The molecule has 0 bridgehead atoms. The van der Waals surface area contributed by atoms with Crippen molar-refractivity contribution < 1.29 is 0 Å². The van der Waals surface area contributed by atoms with Crippen molar-refractivity contribution in [3.8, 4) is 0 Å². The van der Waals surface area contributed by atoms with Crippen LogP contribution >= 0.6 is 0 Å². The Balaban J connectivity index is 1.70. The standard InChI is InChI=1S/C11H18N6/c1-17(9-2-3-9)11(12)16-7-6-15-10-8-13-4-5-14-10/h4-5,8-9H,2-3,6-7H2,1H3,(H2,12,16)(H,14,15). The van der Waals surface area contributed by atoms with Gasteiger partial charge in [0.1, 0.15) is 5.82 Å². The largest absolute Gasteiger partial charge is 0.370 e. The quantitative estimate of drug-likeness (QED) is 0.435. The van der Waals surface area contributed by atoms with E-state index in [1.165, 1.54) is 12.8 Å². The summed E-state index contributed by atoms with van der Waals surface area (Å²) >= 11 is 0. The van der Waals surface area contributed by atoms with Crippen LogP contribution < -0.4 is 11.1 Å². The summed E-state index contributed by atoms with van der Waals surface area (Å²) in [7, 11) is 1.99. The summed E-state index contributed by atoms with van der Waals surface area (Å²) in [6.07, 6.45) is 7.44. The van der Waals surface area contributed by atoms with Gasteiger partial charge in [0.25, 0.3) is 0 Å². The molecule has 1 aliphatic rings. The number of aromatic nitrogens is 2. The second-order valence-corrected chi connectivity index (χ2v) is 4.10. The zero-order chi connectivity index (χ0) is 12.1. The molecule has 1 aromatic heterocycles. The number of nitrogens with two attached hydrogens (primary N) is 1. The van der Waals surface area contributed by atoms with Crippen LogP contribution in [0.1, 0.15) is 12.8 Å². The predicted octanol–water partition coefficient (Wildman–Crippen LogP) is 0.297. The maximum absolute atomic E-state index is 5.86. The highest BCUT2D eigenvalue weighted by atomic mass is 15.3. The van der Waals surface area contributed by atoms with Crippen molar-refractivity contribution in [2.75, 3.05) is 25.5 Å². The minimum Gasteiger partial charge on any atom is -0.370 e. The number of rotatable bonds is 5. The molecule has 1 fully saturated rings. The molecule has 6 nitrogen and oxygen atoms in total. The van der Waals surface area contributed by atoms with E-state index in [9.17, 15) is 0 Å². The Labute approximate surface area is 101 Å². The minimum absolute atomic E-state index is 0.603. The maximum atomic E-state index is 5.86. The third kappa shape index (κ3) is 3.58. The van der Waals surface area contributed by atoms with Crippen LogP contribution in [0, 0.1) is 0 Å². The molecule has 1 aromatic rings. The molecular weight excluding hydrogens is 216 g/mol. The van der Waals surface area contributed by atoms with Crippen LogP contribution in [0.25, 0.3) is 0 Å². The minimum atomic E-state index is 0.603. The highest BCUT2D eigenvalue weighted by Gasteiger charge is 2.27. The van der Waals surface area contributed by atoms with Gasteiger partial charge >= 0.3 is 0 Å². The number of nitrogens with zero attached hydrogens (tertiary/aromatic N) is 4. The van der Waals surface area contributed by atoms with Crippen molar-refractivity contribution in [1.29, 1.82) is 0 Å². The van der Waals surface area contributed by atoms with Gasteiger partial charge in [0, 0.05) is 32.0 Å². The smallest absolute Gasteiger partial charge is 0.191 e. The van der Waals surface area contributed by atoms with Crippen LogP contribution in [-0.2, 0) is 0 Å². The van der Waals surface area contributed by atoms with Gasteiger partial charge in [0.2, 0.25) is 0 Å². The van der Waals surface area contributed by atoms with E-state index >= 15 is 0 Å². The van der Waals surface area contributed by atoms with Crippen molar-refractivity contribution in [3.05, 3.63) is 18.6 Å². The van der Waals surface area contributed by atoms with E-state index in [2.05, 4.69) is 20.3 Å². The third-order valence-corrected chi connectivity index (χ3v) is 2.71. The van der Waals surface area contributed by atoms with Crippen molar-refractivity contribution in [2.45, 2.75) is 18.9 Å². The zero-order valence-corrected chi connectivity index (χ0v) is 10.0. The summed E-state index contributed by atoms with van der Waals surface area (Å²) in [5.74, 6) is 1.38. The molecule has 1 saturated carbocycles. The van der Waals surface area contributed by atoms with E-state index in [4.69, 9.17) is 5.73 Å². The summed E-state index contributed by atoms with van der Waals surface area (Å²) in [5, 5.41) is 3.13. The van der Waals surface area contributed by atoms with Gasteiger partial charge in [-0.15, -0.1) is 0 Å². The summed E-state index contributed by atoms with van der Waals surface area (Å²) in [6, 6.07) is 0.603. The van der Waals surface area contributed by atoms with Gasteiger partial charge in [0.05, 0.1) is 12.7 Å². The lowest BCUT2D eigenvalue weighted by Crippen LogP contribution is -2.36. The lowest BCUT2D eigenvalue weighted by Gasteiger charge is -2.16. The second kappa shape index (κ2) is 5.47. The Morgan fingerprint density at radius 1 is 1.59 bits per heavy atom. The number of guanidine groups is 1. The Hall–Kier alpha value is -1.85. The van der Waals surface area contributed by atoms with Crippen molar-refractivity contribution in [3.63, 3.8) is 0 Å². The van der Waals surface area contributed by atoms with E-state index in [-0.39, 0.29) is 0 Å². The molecular formula is C11H18N6. The van der Waals surface area contributed by atoms with Gasteiger partial charge in [-0.2, -0.15) is 0 Å². The molecule has 6 heteroatoms. The molecule has 0 spiro atoms. The fraction of sp³-hybridized carbons (Fsp3) is 0.545. The number of aliphatic imine (C=N–C) groups is 1. The second-order valence-electron chi connectivity index (χ2n) is 4.10. The van der Waals surface area contributed by atoms with Crippen LogP contribution in [0.5, 0.6) is 0 Å². The normalized spacial score (nSPS) is 15.7. The van der Waals surface area contributed by atoms with E-state index in [0.717, 1.165) is 5.82 Å². The molecule has 0 atom stereocenters. The maximum Gasteiger partial charge on any atom is 0.191 e. The van der Waals surface area contributed by atoms with Crippen LogP contribution in [0.15, 0.2) is 23.6 Å². The average Bonchev–Trinajstić information content (AvgIpc) is 3.19. The van der Waals surface area contributed by atoms with Crippen LogP contribution in [0.4, 0.5) is 5.82 Å². The van der Waals surface area contributed by atoms with Crippen LogP contribution in [0.3, 0.4) is 0 Å². The Morgan fingerprint density at radius 3 is 3.06 bits per heavy atom. The molecule has 3 N–H and O–H groups in total. The van der Waals surface area contributed by atoms with Gasteiger partial charge in [-0.05, 0) is 12.8 Å². The van der Waals surface area contributed by atoms with Gasteiger partial charge < -0.3 is 16.0 Å². The highest BCUT2D eigenvalue weighted by Crippen LogP contribution is 2.24. The Bertz CT molecular complexity index is 373. The first-order valence-electron chi connectivity index (χ1n) is 5.80. The Morgan fingerprint density at radius 2 is 2.41 bits per heavy atom. The van der Waals surface area contributed by atoms with Gasteiger partial charge in [-0.3, -0.25) is 9.98 Å². The van der Waals surface area contributed by atoms with E-state index < -0.39 is 0 Å². The topological polar surface area (TPSA) is 79.4 Å². The fourth-order valence-electron chi connectivity index (χ4n) is 1.51. The molecule has 92 valence electrons. The predicted molar refractivity (Wildman–Crippen MR) is 67.8 cm³/mol. The summed E-state index contributed by atoms with van der Waals surface area (Å²) in [6.45, 7) is 1.34. The highest BCUT2D eigenvalue weighted by molar-refractivity contribution is 5.78. The van der Waals surface area contributed by atoms with Crippen molar-refractivity contribution in [2.24, 2.45) is 10.7 Å². The lowest BCUT2D eigenvalue weighted by molar-refractivity contribution is 0.488. The SMILES string of the molecule is CN(C(N)=NCCNc1cnccn1)C1CC1. The first-order valence-corrected chi connectivity index (χ1v) is 5.80.